The summed E-state index contributed by atoms with van der Waals surface area (Å²) in [5.41, 5.74) is 0.866. The molecule has 0 saturated carbocycles. The number of carbonyl (C=O) groups excluding carboxylic acids is 1. The predicted molar refractivity (Wildman–Crippen MR) is 118 cm³/mol. The molecule has 31 heavy (non-hydrogen) atoms. The third-order valence-corrected chi connectivity index (χ3v) is 5.31. The van der Waals surface area contributed by atoms with Gasteiger partial charge in [0.15, 0.2) is 11.5 Å². The number of thioether (sulfide) groups is 1. The molecule has 158 valence electrons. The van der Waals surface area contributed by atoms with Gasteiger partial charge in [0.1, 0.15) is 24.1 Å². The van der Waals surface area contributed by atoms with Crippen LogP contribution in [0.1, 0.15) is 11.1 Å². The number of hydrogen-bond acceptors (Lipinski definition) is 8. The highest BCUT2D eigenvalue weighted by molar-refractivity contribution is 7.98. The first-order valence-corrected chi connectivity index (χ1v) is 10.9. The first-order chi connectivity index (χ1) is 15.0. The summed E-state index contributed by atoms with van der Waals surface area (Å²) in [4.78, 5) is 16.5. The number of nitrogens with one attached hydrogen (secondary N) is 1. The third kappa shape index (κ3) is 5.81. The Hall–Kier alpha value is -3.42. The van der Waals surface area contributed by atoms with E-state index in [9.17, 15) is 14.4 Å². The number of nitrogens with zero attached hydrogens (tertiary/aromatic N) is 3. The van der Waals surface area contributed by atoms with Crippen molar-refractivity contribution in [2.45, 2.75) is 11.8 Å². The quantitative estimate of drug-likeness (QED) is 0.302. The summed E-state index contributed by atoms with van der Waals surface area (Å²) < 4.78 is 28.9. The summed E-state index contributed by atoms with van der Waals surface area (Å²) in [5, 5.41) is 12.8. The van der Waals surface area contributed by atoms with Gasteiger partial charge in [-0.15, -0.1) is 0 Å². The molecular formula is C21H17FN4O3S2. The Balaban J connectivity index is 1.75. The number of aromatic nitrogens is 2. The normalized spacial score (nSPS) is 11.0. The molecule has 0 bridgehead atoms. The highest BCUT2D eigenvalue weighted by Gasteiger charge is 2.14. The van der Waals surface area contributed by atoms with Gasteiger partial charge in [0, 0.05) is 17.1 Å². The fourth-order valence-corrected chi connectivity index (χ4v) is 3.61. The maximum Gasteiger partial charge on any atom is 0.268 e. The van der Waals surface area contributed by atoms with Crippen LogP contribution in [0.25, 0.3) is 6.08 Å². The average Bonchev–Trinajstić information content (AvgIpc) is 3.24. The zero-order chi connectivity index (χ0) is 22.2. The molecule has 0 atom stereocenters. The minimum atomic E-state index is -0.592. The zero-order valence-electron chi connectivity index (χ0n) is 16.6. The number of nitriles is 1. The van der Waals surface area contributed by atoms with Gasteiger partial charge in [0.2, 0.25) is 10.3 Å². The standard InChI is InChI=1S/C21H17FN4O3S2/c1-28-18-10-13(7-8-17(18)29-12-14-5-3-4-6-16(14)22)9-15(11-23)19(27)24-20-25-21(30-2)26-31-20/h3-10H,12H2,1-2H3,(H,24,25,26,27). The van der Waals surface area contributed by atoms with Gasteiger partial charge in [-0.2, -0.15) is 14.6 Å². The van der Waals surface area contributed by atoms with Crippen molar-refractivity contribution in [2.24, 2.45) is 0 Å². The van der Waals surface area contributed by atoms with E-state index in [0.29, 0.717) is 32.9 Å². The van der Waals surface area contributed by atoms with E-state index in [1.165, 1.54) is 31.0 Å². The van der Waals surface area contributed by atoms with Gasteiger partial charge in [-0.25, -0.2) is 4.39 Å². The van der Waals surface area contributed by atoms with Gasteiger partial charge in [-0.3, -0.25) is 10.1 Å². The Labute approximate surface area is 186 Å². The van der Waals surface area contributed by atoms with Gasteiger partial charge >= 0.3 is 0 Å². The highest BCUT2D eigenvalue weighted by atomic mass is 32.2. The van der Waals surface area contributed by atoms with E-state index < -0.39 is 5.91 Å². The van der Waals surface area contributed by atoms with Crippen molar-refractivity contribution in [2.75, 3.05) is 18.7 Å². The van der Waals surface area contributed by atoms with Gasteiger partial charge in [-0.1, -0.05) is 36.0 Å². The first kappa shape index (κ1) is 22.3. The zero-order valence-corrected chi connectivity index (χ0v) is 18.2. The van der Waals surface area contributed by atoms with Crippen molar-refractivity contribution in [3.63, 3.8) is 0 Å². The number of amides is 1. The average molecular weight is 457 g/mol. The van der Waals surface area contributed by atoms with Gasteiger partial charge < -0.3 is 9.47 Å². The van der Waals surface area contributed by atoms with Crippen LogP contribution in [0.5, 0.6) is 11.5 Å². The van der Waals surface area contributed by atoms with Gasteiger partial charge in [0.05, 0.1) is 7.11 Å². The van der Waals surface area contributed by atoms with Crippen molar-refractivity contribution in [3.8, 4) is 17.6 Å². The van der Waals surface area contributed by atoms with Crippen LogP contribution >= 0.6 is 23.3 Å². The van der Waals surface area contributed by atoms with Crippen molar-refractivity contribution in [3.05, 3.63) is 65.0 Å². The lowest BCUT2D eigenvalue weighted by Gasteiger charge is -2.12. The fraction of sp³-hybridized carbons (Fsp3) is 0.143. The van der Waals surface area contributed by atoms with Crippen LogP contribution in [0.15, 0.2) is 53.2 Å². The van der Waals surface area contributed by atoms with Crippen LogP contribution in [0, 0.1) is 17.1 Å². The Morgan fingerprint density at radius 1 is 1.32 bits per heavy atom. The summed E-state index contributed by atoms with van der Waals surface area (Å²) in [6.07, 6.45) is 3.25. The molecule has 0 fully saturated rings. The smallest absolute Gasteiger partial charge is 0.268 e. The Kier molecular flexibility index (Phi) is 7.59. The topological polar surface area (TPSA) is 97.1 Å². The number of halogens is 1. The maximum atomic E-state index is 13.8. The molecule has 0 aliphatic heterocycles. The largest absolute Gasteiger partial charge is 0.493 e. The molecule has 1 N–H and O–H groups in total. The SMILES string of the molecule is COc1cc(C=C(C#N)C(=O)Nc2nc(SC)ns2)ccc1OCc1ccccc1F. The van der Waals surface area contributed by atoms with Crippen LogP contribution in [0.3, 0.4) is 0 Å². The third-order valence-electron chi connectivity index (χ3n) is 4.02. The summed E-state index contributed by atoms with van der Waals surface area (Å²) in [5.74, 6) is -0.156. The molecule has 1 aromatic heterocycles. The second-order valence-corrected chi connectivity index (χ2v) is 7.53. The van der Waals surface area contributed by atoms with Crippen LogP contribution in [-0.2, 0) is 11.4 Å². The van der Waals surface area contributed by atoms with Crippen molar-refractivity contribution >= 4 is 40.4 Å². The lowest BCUT2D eigenvalue weighted by molar-refractivity contribution is -0.112. The molecule has 10 heteroatoms. The molecule has 2 aromatic carbocycles. The van der Waals surface area contributed by atoms with Crippen LogP contribution in [-0.4, -0.2) is 28.6 Å². The molecule has 0 radical (unpaired) electrons. The van der Waals surface area contributed by atoms with Crippen molar-refractivity contribution in [1.29, 1.82) is 5.26 Å². The molecule has 0 saturated heterocycles. The van der Waals surface area contributed by atoms with E-state index in [0.717, 1.165) is 11.5 Å². The number of ether oxygens (including phenoxy) is 2. The van der Waals surface area contributed by atoms with Crippen LogP contribution in [0.4, 0.5) is 9.52 Å². The first-order valence-electron chi connectivity index (χ1n) is 8.89. The summed E-state index contributed by atoms with van der Waals surface area (Å²) in [6.45, 7) is 0.0317. The van der Waals surface area contributed by atoms with Gasteiger partial charge in [-0.05, 0) is 36.1 Å². The number of rotatable bonds is 8. The lowest BCUT2D eigenvalue weighted by atomic mass is 10.1. The molecule has 1 heterocycles. The fourth-order valence-electron chi connectivity index (χ4n) is 2.49. The summed E-state index contributed by atoms with van der Waals surface area (Å²) in [7, 11) is 1.47. The van der Waals surface area contributed by atoms with E-state index in [2.05, 4.69) is 14.7 Å². The van der Waals surface area contributed by atoms with E-state index in [1.807, 2.05) is 12.3 Å². The summed E-state index contributed by atoms with van der Waals surface area (Å²) >= 11 is 2.39. The minimum absolute atomic E-state index is 0.0317. The van der Waals surface area contributed by atoms with Crippen molar-refractivity contribution < 1.29 is 18.7 Å². The molecule has 3 aromatic rings. The Morgan fingerprint density at radius 2 is 2.13 bits per heavy atom. The van der Waals surface area contributed by atoms with E-state index in [4.69, 9.17) is 9.47 Å². The molecule has 1 amide bonds. The van der Waals surface area contributed by atoms with Crippen molar-refractivity contribution in [1.82, 2.24) is 9.36 Å². The second kappa shape index (κ2) is 10.6. The van der Waals surface area contributed by atoms with Gasteiger partial charge in [0.25, 0.3) is 5.91 Å². The van der Waals surface area contributed by atoms with E-state index in [-0.39, 0.29) is 18.0 Å². The lowest BCUT2D eigenvalue weighted by Crippen LogP contribution is -2.13. The number of carbonyl (C=O) groups is 1. The molecule has 0 spiro atoms. The van der Waals surface area contributed by atoms with Crippen LogP contribution < -0.4 is 14.8 Å². The van der Waals surface area contributed by atoms with Crippen LogP contribution in [0.2, 0.25) is 0 Å². The monoisotopic (exact) mass is 456 g/mol. The number of hydrogen-bond donors (Lipinski definition) is 1. The highest BCUT2D eigenvalue weighted by Crippen LogP contribution is 2.30. The minimum Gasteiger partial charge on any atom is -0.493 e. The predicted octanol–water partition coefficient (Wildman–Crippen LogP) is 4.53. The Bertz CT molecular complexity index is 1160. The molecule has 7 nitrogen and oxygen atoms in total. The molecule has 0 aliphatic rings. The molecule has 0 aliphatic carbocycles. The molecule has 3 rings (SSSR count). The van der Waals surface area contributed by atoms with E-state index >= 15 is 0 Å². The molecule has 0 unspecified atom stereocenters. The summed E-state index contributed by atoms with van der Waals surface area (Å²) in [6, 6.07) is 13.1. The number of anilines is 1. The number of benzene rings is 2. The maximum absolute atomic E-state index is 13.8. The molecular weight excluding hydrogens is 439 g/mol. The Morgan fingerprint density at radius 3 is 2.81 bits per heavy atom. The number of methoxy groups -OCH3 is 1. The van der Waals surface area contributed by atoms with E-state index in [1.54, 1.807) is 36.4 Å². The second-order valence-electron chi connectivity index (χ2n) is 6.00.